The van der Waals surface area contributed by atoms with E-state index in [1.807, 2.05) is 0 Å². The zero-order chi connectivity index (χ0) is 54.3. The van der Waals surface area contributed by atoms with Gasteiger partial charge in [-0.1, -0.05) is 305 Å². The smallest absolute Gasteiger partial charge is 0.306 e. The summed E-state index contributed by atoms with van der Waals surface area (Å²) in [7, 11) is 0. The minimum Gasteiger partial charge on any atom is -0.462 e. The fourth-order valence-electron chi connectivity index (χ4n) is 9.13. The Kier molecular flexibility index (Phi) is 60.3. The Labute approximate surface area is 465 Å². The van der Waals surface area contributed by atoms with Crippen LogP contribution in [0.15, 0.2) is 85.1 Å². The summed E-state index contributed by atoms with van der Waals surface area (Å²) in [6.45, 7) is 6.54. The van der Waals surface area contributed by atoms with E-state index in [-0.39, 0.29) is 31.1 Å². The summed E-state index contributed by atoms with van der Waals surface area (Å²) in [4.78, 5) is 38.3. The van der Waals surface area contributed by atoms with E-state index in [0.29, 0.717) is 19.3 Å². The van der Waals surface area contributed by atoms with Gasteiger partial charge >= 0.3 is 17.9 Å². The number of esters is 3. The van der Waals surface area contributed by atoms with Gasteiger partial charge in [-0.05, 0) is 77.0 Å². The number of unbranched alkanes of at least 4 members (excludes halogenated alkanes) is 33. The van der Waals surface area contributed by atoms with Gasteiger partial charge < -0.3 is 14.2 Å². The molecule has 0 aliphatic rings. The lowest BCUT2D eigenvalue weighted by atomic mass is 10.0. The van der Waals surface area contributed by atoms with Crippen LogP contribution in [0.5, 0.6) is 0 Å². The molecule has 0 aliphatic carbocycles. The fourth-order valence-corrected chi connectivity index (χ4v) is 9.13. The number of carbonyl (C=O) groups excluding carboxylic acids is 3. The van der Waals surface area contributed by atoms with Gasteiger partial charge in [0.25, 0.3) is 0 Å². The molecular weight excluding hydrogens is 925 g/mol. The van der Waals surface area contributed by atoms with Gasteiger partial charge in [-0.15, -0.1) is 0 Å². The molecule has 0 saturated heterocycles. The SMILES string of the molecule is CC/C=C\C/C=C\C/C=C\C/C=C\C/C=C\C/C=C\C/C=C\CCCCCC(=O)OCC(COC(=O)CCCCCCCCCCCCCCCCC)OC(=O)CCCCCCCCCCCCCCCCCCC. The first-order chi connectivity index (χ1) is 37.0. The van der Waals surface area contributed by atoms with Crippen molar-refractivity contribution in [2.45, 2.75) is 322 Å². The number of hydrogen-bond acceptors (Lipinski definition) is 6. The van der Waals surface area contributed by atoms with Crippen LogP contribution in [-0.4, -0.2) is 37.2 Å². The molecule has 1 unspecified atom stereocenters. The topological polar surface area (TPSA) is 78.9 Å². The predicted octanol–water partition coefficient (Wildman–Crippen LogP) is 21.9. The van der Waals surface area contributed by atoms with Gasteiger partial charge in [0.15, 0.2) is 6.10 Å². The highest BCUT2D eigenvalue weighted by atomic mass is 16.6. The highest BCUT2D eigenvalue weighted by molar-refractivity contribution is 5.71. The largest absolute Gasteiger partial charge is 0.462 e. The third-order valence-corrected chi connectivity index (χ3v) is 13.9. The maximum absolute atomic E-state index is 12.9. The zero-order valence-corrected chi connectivity index (χ0v) is 49.6. The van der Waals surface area contributed by atoms with Crippen molar-refractivity contribution in [3.8, 4) is 0 Å². The average molecular weight is 1050 g/mol. The van der Waals surface area contributed by atoms with Crippen LogP contribution in [-0.2, 0) is 28.6 Å². The summed E-state index contributed by atoms with van der Waals surface area (Å²) in [5, 5.41) is 0. The second-order valence-corrected chi connectivity index (χ2v) is 21.3. The molecule has 75 heavy (non-hydrogen) atoms. The summed E-state index contributed by atoms with van der Waals surface area (Å²) in [6, 6.07) is 0. The highest BCUT2D eigenvalue weighted by Gasteiger charge is 2.19. The highest BCUT2D eigenvalue weighted by Crippen LogP contribution is 2.17. The molecule has 0 heterocycles. The molecule has 432 valence electrons. The van der Waals surface area contributed by atoms with Crippen LogP contribution in [0.1, 0.15) is 316 Å². The Balaban J connectivity index is 4.40. The Bertz CT molecular complexity index is 1430. The lowest BCUT2D eigenvalue weighted by Crippen LogP contribution is -2.30. The van der Waals surface area contributed by atoms with Crippen LogP contribution in [0, 0.1) is 0 Å². The molecule has 0 aromatic heterocycles. The summed E-state index contributed by atoms with van der Waals surface area (Å²) < 4.78 is 16.9. The van der Waals surface area contributed by atoms with E-state index in [2.05, 4.69) is 106 Å². The predicted molar refractivity (Wildman–Crippen MR) is 325 cm³/mol. The van der Waals surface area contributed by atoms with E-state index in [0.717, 1.165) is 109 Å². The molecule has 0 aliphatic heterocycles. The minimum atomic E-state index is -0.788. The maximum Gasteiger partial charge on any atom is 0.306 e. The molecule has 0 aromatic carbocycles. The molecule has 0 amide bonds. The van der Waals surface area contributed by atoms with Crippen LogP contribution in [0.2, 0.25) is 0 Å². The van der Waals surface area contributed by atoms with Crippen molar-refractivity contribution in [3.05, 3.63) is 85.1 Å². The molecule has 0 aromatic rings. The summed E-state index contributed by atoms with van der Waals surface area (Å²) in [6.07, 6.45) is 83.0. The molecule has 0 saturated carbocycles. The molecule has 0 rings (SSSR count). The van der Waals surface area contributed by atoms with Gasteiger partial charge in [-0.3, -0.25) is 14.4 Å². The number of carbonyl (C=O) groups is 3. The normalized spacial score (nSPS) is 12.6. The second-order valence-electron chi connectivity index (χ2n) is 21.3. The van der Waals surface area contributed by atoms with Crippen molar-refractivity contribution >= 4 is 17.9 Å². The van der Waals surface area contributed by atoms with Crippen molar-refractivity contribution in [2.75, 3.05) is 13.2 Å². The first kappa shape index (κ1) is 71.6. The van der Waals surface area contributed by atoms with Crippen LogP contribution >= 0.6 is 0 Å². The molecule has 6 heteroatoms. The maximum atomic E-state index is 12.9. The standard InChI is InChI=1S/C69H120O6/c1-4-7-10-13-16-19-22-25-28-30-31-32-33-34-35-36-37-39-41-44-47-50-53-56-59-62-68(71)74-65-66(64-73-67(70)61-58-55-52-49-46-43-40-27-24-21-18-15-12-9-6-3)75-69(72)63-60-57-54-51-48-45-42-38-29-26-23-20-17-14-11-8-5-2/h7,10,16,19,25,28,31-32,34-35,37,39,44,47,66H,4-6,8-9,11-15,17-18,20-24,26-27,29-30,33,36,38,40-43,45-46,48-65H2,1-3H3/b10-7-,19-16-,28-25-,32-31-,35-34-,39-37-,47-44-. The van der Waals surface area contributed by atoms with Gasteiger partial charge in [0.05, 0.1) is 0 Å². The molecular formula is C69H120O6. The second kappa shape index (κ2) is 63.1. The van der Waals surface area contributed by atoms with E-state index in [1.165, 1.54) is 167 Å². The molecule has 0 spiro atoms. The zero-order valence-electron chi connectivity index (χ0n) is 49.6. The average Bonchev–Trinajstić information content (AvgIpc) is 3.41. The molecule has 0 bridgehead atoms. The van der Waals surface area contributed by atoms with E-state index in [9.17, 15) is 14.4 Å². The molecule has 0 fully saturated rings. The third-order valence-electron chi connectivity index (χ3n) is 13.9. The van der Waals surface area contributed by atoms with Crippen molar-refractivity contribution in [2.24, 2.45) is 0 Å². The molecule has 0 N–H and O–H groups in total. The molecule has 6 nitrogen and oxygen atoms in total. The van der Waals surface area contributed by atoms with E-state index < -0.39 is 6.10 Å². The van der Waals surface area contributed by atoms with Crippen LogP contribution < -0.4 is 0 Å². The Morgan fingerprint density at radius 1 is 0.280 bits per heavy atom. The van der Waals surface area contributed by atoms with Crippen molar-refractivity contribution < 1.29 is 28.6 Å². The fraction of sp³-hybridized carbons (Fsp3) is 0.754. The van der Waals surface area contributed by atoms with Crippen LogP contribution in [0.4, 0.5) is 0 Å². The summed E-state index contributed by atoms with van der Waals surface area (Å²) >= 11 is 0. The summed E-state index contributed by atoms with van der Waals surface area (Å²) in [5.74, 6) is -0.900. The number of ether oxygens (including phenoxy) is 3. The lowest BCUT2D eigenvalue weighted by molar-refractivity contribution is -0.167. The van der Waals surface area contributed by atoms with Gasteiger partial charge in [0, 0.05) is 19.3 Å². The minimum absolute atomic E-state index is 0.0828. The first-order valence-corrected chi connectivity index (χ1v) is 32.1. The number of hydrogen-bond donors (Lipinski definition) is 0. The van der Waals surface area contributed by atoms with Crippen LogP contribution in [0.25, 0.3) is 0 Å². The monoisotopic (exact) mass is 1040 g/mol. The van der Waals surface area contributed by atoms with Crippen LogP contribution in [0.3, 0.4) is 0 Å². The first-order valence-electron chi connectivity index (χ1n) is 32.1. The van der Waals surface area contributed by atoms with Crippen molar-refractivity contribution in [3.63, 3.8) is 0 Å². The van der Waals surface area contributed by atoms with Gasteiger partial charge in [-0.2, -0.15) is 0 Å². The number of allylic oxidation sites excluding steroid dienone is 14. The molecule has 0 radical (unpaired) electrons. The third kappa shape index (κ3) is 61.3. The van der Waals surface area contributed by atoms with Gasteiger partial charge in [0.2, 0.25) is 0 Å². The Hall–Kier alpha value is -3.41. The van der Waals surface area contributed by atoms with Gasteiger partial charge in [0.1, 0.15) is 13.2 Å². The Morgan fingerprint density at radius 3 is 0.813 bits per heavy atom. The quantitative estimate of drug-likeness (QED) is 0.0261. The van der Waals surface area contributed by atoms with Crippen molar-refractivity contribution in [1.29, 1.82) is 0 Å². The van der Waals surface area contributed by atoms with Crippen molar-refractivity contribution in [1.82, 2.24) is 0 Å². The Morgan fingerprint density at radius 2 is 0.520 bits per heavy atom. The molecule has 1 atom stereocenters. The van der Waals surface area contributed by atoms with E-state index in [4.69, 9.17) is 14.2 Å². The van der Waals surface area contributed by atoms with Gasteiger partial charge in [-0.25, -0.2) is 0 Å². The lowest BCUT2D eigenvalue weighted by Gasteiger charge is -2.18. The number of rotatable bonds is 58. The van der Waals surface area contributed by atoms with E-state index >= 15 is 0 Å². The van der Waals surface area contributed by atoms with E-state index in [1.54, 1.807) is 0 Å². The summed E-state index contributed by atoms with van der Waals surface area (Å²) in [5.41, 5.74) is 0.